The monoisotopic (exact) mass is 293 g/mol. The molecule has 0 amide bonds. The first kappa shape index (κ1) is 15.8. The summed E-state index contributed by atoms with van der Waals surface area (Å²) in [5.41, 5.74) is 0. The molecule has 0 aliphatic carbocycles. The Morgan fingerprint density at radius 2 is 1.52 bits per heavy atom. The van der Waals surface area contributed by atoms with Gasteiger partial charge in [0.15, 0.2) is 0 Å². The van der Waals surface area contributed by atoms with Gasteiger partial charge in [0.2, 0.25) is 0 Å². The van der Waals surface area contributed by atoms with Crippen LogP contribution in [-0.4, -0.2) is 61.7 Å². The third-order valence-corrected chi connectivity index (χ3v) is 6.01. The Morgan fingerprint density at radius 3 is 2.24 bits per heavy atom. The van der Waals surface area contributed by atoms with Crippen molar-refractivity contribution in [1.82, 2.24) is 15.1 Å². The molecule has 0 unspecified atom stereocenters. The van der Waals surface area contributed by atoms with Gasteiger partial charge in [-0.3, -0.25) is 0 Å². The Labute approximate surface area is 131 Å². The maximum absolute atomic E-state index is 3.48. The summed E-state index contributed by atoms with van der Waals surface area (Å²) in [6.45, 7) is 9.33. The van der Waals surface area contributed by atoms with E-state index in [1.165, 1.54) is 104 Å². The topological polar surface area (TPSA) is 18.5 Å². The minimum absolute atomic E-state index is 0.908. The average Bonchev–Trinajstić information content (AvgIpc) is 2.57. The number of hydrogen-bond donors (Lipinski definition) is 1. The first-order chi connectivity index (χ1) is 10.4. The predicted molar refractivity (Wildman–Crippen MR) is 89.7 cm³/mol. The van der Waals surface area contributed by atoms with Crippen molar-refractivity contribution in [2.75, 3.05) is 45.8 Å². The van der Waals surface area contributed by atoms with E-state index in [1.54, 1.807) is 0 Å². The molecule has 21 heavy (non-hydrogen) atoms. The molecule has 3 saturated heterocycles. The molecule has 0 aromatic rings. The van der Waals surface area contributed by atoms with Crippen LogP contribution in [0.4, 0.5) is 0 Å². The summed E-state index contributed by atoms with van der Waals surface area (Å²) in [5.74, 6) is 1.01. The summed E-state index contributed by atoms with van der Waals surface area (Å²) in [6, 6.07) is 0.908. The van der Waals surface area contributed by atoms with Gasteiger partial charge >= 0.3 is 0 Å². The summed E-state index contributed by atoms with van der Waals surface area (Å²) in [6.07, 6.45) is 12.9. The Morgan fingerprint density at radius 1 is 0.810 bits per heavy atom. The minimum atomic E-state index is 0.908. The summed E-state index contributed by atoms with van der Waals surface area (Å²) < 4.78 is 0. The molecule has 3 aliphatic rings. The Bertz CT molecular complexity index is 271. The summed E-state index contributed by atoms with van der Waals surface area (Å²) in [4.78, 5) is 5.53. The fraction of sp³-hybridized carbons (Fsp3) is 1.00. The highest BCUT2D eigenvalue weighted by Crippen LogP contribution is 2.22. The molecule has 0 atom stereocenters. The van der Waals surface area contributed by atoms with E-state index >= 15 is 0 Å². The van der Waals surface area contributed by atoms with Crippen LogP contribution in [-0.2, 0) is 0 Å². The van der Waals surface area contributed by atoms with Crippen molar-refractivity contribution < 1.29 is 0 Å². The highest BCUT2D eigenvalue weighted by molar-refractivity contribution is 4.81. The standard InChI is InChI=1S/C18H35N3/c1-2-13-21(14-3-1)18-8-15-20(16-9-18)12-4-5-17-6-10-19-11-7-17/h17-19H,1-16H2. The zero-order valence-electron chi connectivity index (χ0n) is 13.9. The molecule has 3 aliphatic heterocycles. The fourth-order valence-electron chi connectivity index (χ4n) is 4.57. The fourth-order valence-corrected chi connectivity index (χ4v) is 4.57. The number of likely N-dealkylation sites (tertiary alicyclic amines) is 2. The summed E-state index contributed by atoms with van der Waals surface area (Å²) in [5, 5.41) is 3.48. The van der Waals surface area contributed by atoms with Crippen LogP contribution in [0.3, 0.4) is 0 Å². The van der Waals surface area contributed by atoms with E-state index in [4.69, 9.17) is 0 Å². The van der Waals surface area contributed by atoms with Gasteiger partial charge in [0.1, 0.15) is 0 Å². The molecule has 3 heteroatoms. The van der Waals surface area contributed by atoms with Crippen LogP contribution in [0.5, 0.6) is 0 Å². The van der Waals surface area contributed by atoms with Crippen molar-refractivity contribution in [2.24, 2.45) is 5.92 Å². The van der Waals surface area contributed by atoms with Crippen molar-refractivity contribution in [3.8, 4) is 0 Å². The largest absolute Gasteiger partial charge is 0.317 e. The zero-order valence-corrected chi connectivity index (χ0v) is 13.9. The van der Waals surface area contributed by atoms with Crippen LogP contribution in [0.1, 0.15) is 57.8 Å². The highest BCUT2D eigenvalue weighted by atomic mass is 15.2. The van der Waals surface area contributed by atoms with E-state index in [0.29, 0.717) is 0 Å². The highest BCUT2D eigenvalue weighted by Gasteiger charge is 2.25. The van der Waals surface area contributed by atoms with Crippen molar-refractivity contribution in [3.05, 3.63) is 0 Å². The zero-order chi connectivity index (χ0) is 14.3. The van der Waals surface area contributed by atoms with Gasteiger partial charge in [0, 0.05) is 6.04 Å². The molecule has 122 valence electrons. The lowest BCUT2D eigenvalue weighted by Gasteiger charge is -2.40. The molecule has 0 aromatic heterocycles. The molecule has 0 spiro atoms. The van der Waals surface area contributed by atoms with E-state index in [0.717, 1.165) is 12.0 Å². The van der Waals surface area contributed by atoms with Gasteiger partial charge in [0.25, 0.3) is 0 Å². The number of hydrogen-bond acceptors (Lipinski definition) is 3. The molecule has 3 fully saturated rings. The van der Waals surface area contributed by atoms with E-state index < -0.39 is 0 Å². The van der Waals surface area contributed by atoms with Crippen LogP contribution in [0.25, 0.3) is 0 Å². The second-order valence-corrected chi connectivity index (χ2v) is 7.51. The van der Waals surface area contributed by atoms with Crippen LogP contribution in [0.15, 0.2) is 0 Å². The van der Waals surface area contributed by atoms with Crippen molar-refractivity contribution in [1.29, 1.82) is 0 Å². The molecule has 3 heterocycles. The smallest absolute Gasteiger partial charge is 0.0120 e. The maximum atomic E-state index is 3.48. The molecule has 0 saturated carbocycles. The van der Waals surface area contributed by atoms with Gasteiger partial charge in [-0.1, -0.05) is 6.42 Å². The van der Waals surface area contributed by atoms with Crippen LogP contribution >= 0.6 is 0 Å². The lowest BCUT2D eigenvalue weighted by Crippen LogP contribution is -2.46. The van der Waals surface area contributed by atoms with Crippen molar-refractivity contribution in [2.45, 2.75) is 63.8 Å². The normalized spacial score (nSPS) is 28.0. The molecule has 3 nitrogen and oxygen atoms in total. The number of nitrogens with one attached hydrogen (secondary N) is 1. The maximum Gasteiger partial charge on any atom is 0.0120 e. The average molecular weight is 293 g/mol. The van der Waals surface area contributed by atoms with E-state index in [1.807, 2.05) is 0 Å². The van der Waals surface area contributed by atoms with Gasteiger partial charge in [-0.25, -0.2) is 0 Å². The third-order valence-electron chi connectivity index (χ3n) is 6.01. The number of piperidine rings is 3. The number of nitrogens with zero attached hydrogens (tertiary/aromatic N) is 2. The molecule has 0 aromatic carbocycles. The van der Waals surface area contributed by atoms with Gasteiger partial charge < -0.3 is 15.1 Å². The Hall–Kier alpha value is -0.120. The second kappa shape index (κ2) is 8.50. The van der Waals surface area contributed by atoms with Gasteiger partial charge in [-0.2, -0.15) is 0 Å². The number of rotatable bonds is 5. The second-order valence-electron chi connectivity index (χ2n) is 7.51. The summed E-state index contributed by atoms with van der Waals surface area (Å²) >= 11 is 0. The summed E-state index contributed by atoms with van der Waals surface area (Å²) in [7, 11) is 0. The lowest BCUT2D eigenvalue weighted by molar-refractivity contribution is 0.0910. The third kappa shape index (κ3) is 4.94. The molecule has 0 radical (unpaired) electrons. The van der Waals surface area contributed by atoms with E-state index in [9.17, 15) is 0 Å². The van der Waals surface area contributed by atoms with E-state index in [-0.39, 0.29) is 0 Å². The lowest BCUT2D eigenvalue weighted by atomic mass is 9.93. The van der Waals surface area contributed by atoms with E-state index in [2.05, 4.69) is 15.1 Å². The molecular formula is C18H35N3. The Balaban J connectivity index is 1.28. The van der Waals surface area contributed by atoms with Gasteiger partial charge in [-0.05, 0) is 103 Å². The van der Waals surface area contributed by atoms with Gasteiger partial charge in [-0.15, -0.1) is 0 Å². The first-order valence-electron chi connectivity index (χ1n) is 9.59. The predicted octanol–water partition coefficient (Wildman–Crippen LogP) is 2.72. The SMILES string of the molecule is C1CCN(C2CCN(CCCC3CCNCC3)CC2)CC1. The molecule has 1 N–H and O–H groups in total. The van der Waals surface area contributed by atoms with Crippen LogP contribution in [0, 0.1) is 5.92 Å². The minimum Gasteiger partial charge on any atom is -0.317 e. The molecule has 0 bridgehead atoms. The van der Waals surface area contributed by atoms with Crippen LogP contribution < -0.4 is 5.32 Å². The first-order valence-corrected chi connectivity index (χ1v) is 9.59. The molecular weight excluding hydrogens is 258 g/mol. The van der Waals surface area contributed by atoms with Gasteiger partial charge in [0.05, 0.1) is 0 Å². The Kier molecular flexibility index (Phi) is 6.38. The quantitative estimate of drug-likeness (QED) is 0.841. The van der Waals surface area contributed by atoms with Crippen LogP contribution in [0.2, 0.25) is 0 Å². The van der Waals surface area contributed by atoms with Crippen molar-refractivity contribution in [3.63, 3.8) is 0 Å². The molecule has 3 rings (SSSR count). The van der Waals surface area contributed by atoms with Crippen molar-refractivity contribution >= 4 is 0 Å².